The van der Waals surface area contributed by atoms with Gasteiger partial charge in [-0.05, 0) is 50.4 Å². The summed E-state index contributed by atoms with van der Waals surface area (Å²) in [5.74, 6) is 1.02. The number of rotatable bonds is 4. The molecule has 2 aromatic rings. The van der Waals surface area contributed by atoms with Gasteiger partial charge in [-0.1, -0.05) is 18.2 Å². The lowest BCUT2D eigenvalue weighted by atomic mass is 9.93. The molecule has 1 aromatic heterocycles. The van der Waals surface area contributed by atoms with Crippen molar-refractivity contribution in [3.63, 3.8) is 0 Å². The average molecular weight is 338 g/mol. The van der Waals surface area contributed by atoms with Gasteiger partial charge in [0.25, 0.3) is 0 Å². The van der Waals surface area contributed by atoms with E-state index in [-0.39, 0.29) is 0 Å². The van der Waals surface area contributed by atoms with Crippen LogP contribution < -0.4 is 5.32 Å². The maximum atomic E-state index is 12.6. The maximum Gasteiger partial charge on any atom is 0.222 e. The van der Waals surface area contributed by atoms with Crippen LogP contribution in [-0.2, 0) is 17.8 Å². The predicted octanol–water partition coefficient (Wildman–Crippen LogP) is 2.54. The second kappa shape index (κ2) is 7.40. The lowest BCUT2D eigenvalue weighted by molar-refractivity contribution is -0.132. The quantitative estimate of drug-likeness (QED) is 0.932. The van der Waals surface area contributed by atoms with Gasteiger partial charge < -0.3 is 10.2 Å². The molecule has 5 nitrogen and oxygen atoms in total. The van der Waals surface area contributed by atoms with Crippen LogP contribution in [0.2, 0.25) is 0 Å². The van der Waals surface area contributed by atoms with Crippen LogP contribution in [-0.4, -0.2) is 40.2 Å². The topological polar surface area (TPSA) is 50.2 Å². The van der Waals surface area contributed by atoms with Gasteiger partial charge in [0.15, 0.2) is 0 Å². The van der Waals surface area contributed by atoms with Crippen LogP contribution in [0.15, 0.2) is 36.5 Å². The molecule has 1 amide bonds. The summed E-state index contributed by atoms with van der Waals surface area (Å²) in [6.07, 6.45) is 6.94. The van der Waals surface area contributed by atoms with Crippen molar-refractivity contribution >= 4 is 5.91 Å². The Morgan fingerprint density at radius 2 is 2.00 bits per heavy atom. The number of para-hydroxylation sites is 1. The summed E-state index contributed by atoms with van der Waals surface area (Å²) in [6, 6.07) is 10.2. The number of benzene rings is 1. The molecular weight excluding hydrogens is 312 g/mol. The van der Waals surface area contributed by atoms with E-state index in [1.54, 1.807) is 0 Å². The molecule has 0 bridgehead atoms. The van der Waals surface area contributed by atoms with Crippen molar-refractivity contribution in [3.8, 4) is 5.69 Å². The van der Waals surface area contributed by atoms with E-state index >= 15 is 0 Å². The molecule has 0 saturated carbocycles. The van der Waals surface area contributed by atoms with Gasteiger partial charge in [0.1, 0.15) is 0 Å². The largest absolute Gasteiger partial charge is 0.338 e. The molecule has 0 atom stereocenters. The normalized spacial score (nSPS) is 18.2. The Labute approximate surface area is 149 Å². The molecule has 0 aliphatic carbocycles. The van der Waals surface area contributed by atoms with E-state index in [1.165, 1.54) is 24.1 Å². The first kappa shape index (κ1) is 16.3. The highest BCUT2D eigenvalue weighted by Gasteiger charge is 2.25. The molecule has 1 saturated heterocycles. The van der Waals surface area contributed by atoms with Gasteiger partial charge in [-0.3, -0.25) is 4.79 Å². The number of aromatic nitrogens is 2. The van der Waals surface area contributed by atoms with Crippen molar-refractivity contribution in [2.45, 2.75) is 38.6 Å². The van der Waals surface area contributed by atoms with E-state index in [2.05, 4.69) is 22.5 Å². The summed E-state index contributed by atoms with van der Waals surface area (Å²) >= 11 is 0. The molecule has 132 valence electrons. The molecule has 1 fully saturated rings. The second-order valence-electron chi connectivity index (χ2n) is 7.16. The van der Waals surface area contributed by atoms with Crippen LogP contribution in [0.3, 0.4) is 0 Å². The minimum Gasteiger partial charge on any atom is -0.338 e. The average Bonchev–Trinajstić information content (AvgIpc) is 3.11. The number of hydrogen-bond donors (Lipinski definition) is 1. The molecule has 4 rings (SSSR count). The molecule has 1 N–H and O–H groups in total. The molecule has 2 aliphatic heterocycles. The Hall–Kier alpha value is -2.14. The van der Waals surface area contributed by atoms with E-state index in [4.69, 9.17) is 0 Å². The zero-order valence-corrected chi connectivity index (χ0v) is 14.7. The summed E-state index contributed by atoms with van der Waals surface area (Å²) in [7, 11) is 0. The number of carbonyl (C=O) groups is 1. The summed E-state index contributed by atoms with van der Waals surface area (Å²) in [5.41, 5.74) is 3.52. The summed E-state index contributed by atoms with van der Waals surface area (Å²) in [6.45, 7) is 3.71. The molecule has 0 radical (unpaired) electrons. The minimum atomic E-state index is 0.302. The van der Waals surface area contributed by atoms with Crippen molar-refractivity contribution in [1.29, 1.82) is 0 Å². The lowest BCUT2D eigenvalue weighted by Crippen LogP contribution is -2.36. The van der Waals surface area contributed by atoms with Crippen LogP contribution in [0.25, 0.3) is 5.69 Å². The fourth-order valence-corrected chi connectivity index (χ4v) is 3.99. The zero-order chi connectivity index (χ0) is 17.1. The van der Waals surface area contributed by atoms with Crippen molar-refractivity contribution in [2.75, 3.05) is 19.6 Å². The van der Waals surface area contributed by atoms with Gasteiger partial charge in [-0.15, -0.1) is 0 Å². The third-order valence-electron chi connectivity index (χ3n) is 5.51. The van der Waals surface area contributed by atoms with Crippen LogP contribution in [0, 0.1) is 5.92 Å². The van der Waals surface area contributed by atoms with E-state index in [0.29, 0.717) is 24.8 Å². The Balaban J connectivity index is 1.38. The Morgan fingerprint density at radius 3 is 2.80 bits per heavy atom. The SMILES string of the molecule is O=C(CCC1CCNCC1)N1CCc2c(cnn2-c2ccccc2)C1. The van der Waals surface area contributed by atoms with Crippen molar-refractivity contribution < 1.29 is 4.79 Å². The minimum absolute atomic E-state index is 0.302. The Bertz CT molecular complexity index is 719. The summed E-state index contributed by atoms with van der Waals surface area (Å²) in [4.78, 5) is 14.6. The van der Waals surface area contributed by atoms with Crippen LogP contribution in [0.1, 0.15) is 36.9 Å². The van der Waals surface area contributed by atoms with Gasteiger partial charge in [0.05, 0.1) is 17.6 Å². The fourth-order valence-electron chi connectivity index (χ4n) is 3.99. The molecule has 0 unspecified atom stereocenters. The van der Waals surface area contributed by atoms with Gasteiger partial charge in [-0.25, -0.2) is 4.68 Å². The molecule has 2 aliphatic rings. The molecule has 0 spiro atoms. The standard InChI is InChI=1S/C20H26N4O/c25-20(7-6-16-8-11-21-12-9-16)23-13-10-19-17(15-23)14-22-24(19)18-4-2-1-3-5-18/h1-5,14,16,21H,6-13,15H2. The van der Waals surface area contributed by atoms with Crippen molar-refractivity contribution in [1.82, 2.24) is 20.0 Å². The molecule has 25 heavy (non-hydrogen) atoms. The van der Waals surface area contributed by atoms with Gasteiger partial charge in [0, 0.05) is 31.5 Å². The van der Waals surface area contributed by atoms with E-state index in [0.717, 1.165) is 38.2 Å². The first-order valence-corrected chi connectivity index (χ1v) is 9.41. The number of carbonyl (C=O) groups excluding carboxylic acids is 1. The second-order valence-corrected chi connectivity index (χ2v) is 7.16. The molecule has 1 aromatic carbocycles. The third-order valence-corrected chi connectivity index (χ3v) is 5.51. The highest BCUT2D eigenvalue weighted by atomic mass is 16.2. The fraction of sp³-hybridized carbons (Fsp3) is 0.500. The summed E-state index contributed by atoms with van der Waals surface area (Å²) in [5, 5.41) is 7.94. The Morgan fingerprint density at radius 1 is 1.20 bits per heavy atom. The van der Waals surface area contributed by atoms with E-state index in [1.807, 2.05) is 34.0 Å². The molecule has 5 heteroatoms. The number of fused-ring (bicyclic) bond motifs is 1. The number of piperidine rings is 1. The number of nitrogens with zero attached hydrogens (tertiary/aromatic N) is 3. The first-order chi connectivity index (χ1) is 12.3. The Kier molecular flexibility index (Phi) is 4.83. The first-order valence-electron chi connectivity index (χ1n) is 9.41. The lowest BCUT2D eigenvalue weighted by Gasteiger charge is -2.29. The van der Waals surface area contributed by atoms with E-state index in [9.17, 15) is 4.79 Å². The van der Waals surface area contributed by atoms with E-state index < -0.39 is 0 Å². The third kappa shape index (κ3) is 3.61. The van der Waals surface area contributed by atoms with Gasteiger partial charge in [-0.2, -0.15) is 5.10 Å². The molecule has 3 heterocycles. The van der Waals surface area contributed by atoms with Crippen LogP contribution >= 0.6 is 0 Å². The number of amides is 1. The zero-order valence-electron chi connectivity index (χ0n) is 14.7. The highest BCUT2D eigenvalue weighted by molar-refractivity contribution is 5.76. The van der Waals surface area contributed by atoms with Crippen LogP contribution in [0.4, 0.5) is 0 Å². The monoisotopic (exact) mass is 338 g/mol. The maximum absolute atomic E-state index is 12.6. The van der Waals surface area contributed by atoms with Crippen LogP contribution in [0.5, 0.6) is 0 Å². The van der Waals surface area contributed by atoms with Crippen molar-refractivity contribution in [3.05, 3.63) is 47.8 Å². The number of hydrogen-bond acceptors (Lipinski definition) is 3. The number of nitrogens with one attached hydrogen (secondary N) is 1. The summed E-state index contributed by atoms with van der Waals surface area (Å²) < 4.78 is 2.02. The van der Waals surface area contributed by atoms with Crippen molar-refractivity contribution in [2.24, 2.45) is 5.92 Å². The van der Waals surface area contributed by atoms with Gasteiger partial charge >= 0.3 is 0 Å². The molecular formula is C20H26N4O. The van der Waals surface area contributed by atoms with Gasteiger partial charge in [0.2, 0.25) is 5.91 Å². The predicted molar refractivity (Wildman–Crippen MR) is 97.5 cm³/mol. The highest BCUT2D eigenvalue weighted by Crippen LogP contribution is 2.24. The smallest absolute Gasteiger partial charge is 0.222 e.